The molecule has 28 heavy (non-hydrogen) atoms. The lowest BCUT2D eigenvalue weighted by Gasteiger charge is -2.12. The van der Waals surface area contributed by atoms with Gasteiger partial charge in [-0.2, -0.15) is 0 Å². The molecule has 4 aromatic rings. The van der Waals surface area contributed by atoms with Crippen molar-refractivity contribution >= 4 is 38.9 Å². The summed E-state index contributed by atoms with van der Waals surface area (Å²) in [6.45, 7) is 1.40. The molecule has 144 valence electrons. The van der Waals surface area contributed by atoms with E-state index in [2.05, 4.69) is 5.10 Å². The zero-order valence-corrected chi connectivity index (χ0v) is 16.4. The quantitative estimate of drug-likeness (QED) is 0.513. The number of benzene rings is 1. The highest BCUT2D eigenvalue weighted by molar-refractivity contribution is 7.17. The van der Waals surface area contributed by atoms with Gasteiger partial charge in [0, 0.05) is 11.6 Å². The van der Waals surface area contributed by atoms with Gasteiger partial charge in [0.2, 0.25) is 5.78 Å². The van der Waals surface area contributed by atoms with E-state index in [-0.39, 0.29) is 17.4 Å². The number of ether oxygens (including phenoxy) is 1. The van der Waals surface area contributed by atoms with Crippen LogP contribution in [-0.2, 0) is 17.8 Å². The Hall–Kier alpha value is -2.42. The smallest absolute Gasteiger partial charge is 0.352 e. The van der Waals surface area contributed by atoms with Gasteiger partial charge >= 0.3 is 5.69 Å². The number of nitrogens with zero attached hydrogens (tertiary/aromatic N) is 4. The molecular weight excluding hydrogens is 400 g/mol. The van der Waals surface area contributed by atoms with Gasteiger partial charge in [-0.1, -0.05) is 23.7 Å². The Labute approximate surface area is 168 Å². The first kappa shape index (κ1) is 17.7. The fourth-order valence-corrected chi connectivity index (χ4v) is 4.61. The molecule has 1 aromatic carbocycles. The fraction of sp³-hybridized carbons (Fsp3) is 0.316. The molecule has 1 aliphatic rings. The van der Waals surface area contributed by atoms with Gasteiger partial charge < -0.3 is 4.74 Å². The molecule has 1 aliphatic heterocycles. The van der Waals surface area contributed by atoms with E-state index < -0.39 is 0 Å². The number of thiophene rings is 1. The lowest BCUT2D eigenvalue weighted by molar-refractivity contribution is 0.0969. The van der Waals surface area contributed by atoms with Crippen LogP contribution in [-0.4, -0.2) is 31.5 Å². The fourth-order valence-electron chi connectivity index (χ4n) is 3.66. The molecular formula is C19H17ClN4O3S. The van der Waals surface area contributed by atoms with E-state index in [0.717, 1.165) is 18.4 Å². The first-order valence-electron chi connectivity index (χ1n) is 9.07. The van der Waals surface area contributed by atoms with Crippen molar-refractivity contribution in [3.8, 4) is 0 Å². The maximum Gasteiger partial charge on any atom is 0.352 e. The largest absolute Gasteiger partial charge is 0.376 e. The number of hydrogen-bond acceptors (Lipinski definition) is 5. The van der Waals surface area contributed by atoms with Crippen LogP contribution in [0.25, 0.3) is 16.0 Å². The molecule has 1 atom stereocenters. The molecule has 4 heterocycles. The highest BCUT2D eigenvalue weighted by Gasteiger charge is 2.22. The van der Waals surface area contributed by atoms with Gasteiger partial charge in [0.15, 0.2) is 0 Å². The maximum absolute atomic E-state index is 13.1. The lowest BCUT2D eigenvalue weighted by atomic mass is 10.2. The third kappa shape index (κ3) is 2.88. The van der Waals surface area contributed by atoms with Gasteiger partial charge in [-0.05, 0) is 42.0 Å². The van der Waals surface area contributed by atoms with Crippen LogP contribution in [0.2, 0.25) is 5.02 Å². The highest BCUT2D eigenvalue weighted by atomic mass is 35.5. The standard InChI is InChI=1S/C19H17ClN4O3S/c20-13-5-3-12(4-6-13)10-23-19(26)24-15-7-9-28-16(15)17(25)22(18(24)21-23)11-14-2-1-8-27-14/h3-7,9,14H,1-2,8,10-11H2/t14-/m0/s1. The van der Waals surface area contributed by atoms with Crippen LogP contribution in [0.1, 0.15) is 18.4 Å². The number of rotatable bonds is 4. The van der Waals surface area contributed by atoms with Gasteiger partial charge in [0.05, 0.1) is 24.7 Å². The molecule has 9 heteroatoms. The van der Waals surface area contributed by atoms with E-state index >= 15 is 0 Å². The highest BCUT2D eigenvalue weighted by Crippen LogP contribution is 2.20. The third-order valence-electron chi connectivity index (χ3n) is 5.04. The van der Waals surface area contributed by atoms with Crippen LogP contribution < -0.4 is 11.2 Å². The van der Waals surface area contributed by atoms with E-state index in [0.29, 0.717) is 40.7 Å². The average molecular weight is 417 g/mol. The first-order chi connectivity index (χ1) is 13.6. The molecule has 7 nitrogen and oxygen atoms in total. The predicted octanol–water partition coefficient (Wildman–Crippen LogP) is 2.75. The second-order valence-electron chi connectivity index (χ2n) is 6.89. The van der Waals surface area contributed by atoms with Crippen LogP contribution >= 0.6 is 22.9 Å². The minimum Gasteiger partial charge on any atom is -0.376 e. The van der Waals surface area contributed by atoms with Crippen molar-refractivity contribution < 1.29 is 4.74 Å². The SMILES string of the molecule is O=c1c2sccc2n2c(=O)n(Cc3ccc(Cl)cc3)nc2n1C[C@@H]1CCCO1. The van der Waals surface area contributed by atoms with Crippen LogP contribution in [0.15, 0.2) is 45.3 Å². The van der Waals surface area contributed by atoms with E-state index in [9.17, 15) is 9.59 Å². The van der Waals surface area contributed by atoms with Gasteiger partial charge in [0.25, 0.3) is 5.56 Å². The zero-order valence-electron chi connectivity index (χ0n) is 14.9. The second-order valence-corrected chi connectivity index (χ2v) is 8.24. The number of aromatic nitrogens is 4. The Kier molecular flexibility index (Phi) is 4.34. The minimum absolute atomic E-state index is 0.0320. The summed E-state index contributed by atoms with van der Waals surface area (Å²) in [7, 11) is 0. The summed E-state index contributed by atoms with van der Waals surface area (Å²) in [6, 6.07) is 9.07. The Bertz CT molecular complexity index is 1280. The topological polar surface area (TPSA) is 70.5 Å². The molecule has 0 aliphatic carbocycles. The summed E-state index contributed by atoms with van der Waals surface area (Å²) < 4.78 is 10.8. The van der Waals surface area contributed by atoms with Crippen molar-refractivity contribution in [2.75, 3.05) is 6.61 Å². The van der Waals surface area contributed by atoms with Crippen molar-refractivity contribution in [3.63, 3.8) is 0 Å². The molecule has 0 bridgehead atoms. The van der Waals surface area contributed by atoms with Crippen LogP contribution in [0.4, 0.5) is 0 Å². The van der Waals surface area contributed by atoms with Crippen LogP contribution in [0, 0.1) is 0 Å². The summed E-state index contributed by atoms with van der Waals surface area (Å²) in [5.74, 6) is 0.352. The van der Waals surface area contributed by atoms with Crippen LogP contribution in [0.3, 0.4) is 0 Å². The summed E-state index contributed by atoms with van der Waals surface area (Å²) in [5.41, 5.74) is 1.11. The van der Waals surface area contributed by atoms with Crippen LogP contribution in [0.5, 0.6) is 0 Å². The molecule has 0 N–H and O–H groups in total. The molecule has 0 amide bonds. The Morgan fingerprint density at radius 2 is 2.04 bits per heavy atom. The summed E-state index contributed by atoms with van der Waals surface area (Å²) >= 11 is 7.28. The zero-order chi connectivity index (χ0) is 19.3. The number of fused-ring (bicyclic) bond motifs is 3. The molecule has 0 saturated carbocycles. The van der Waals surface area contributed by atoms with E-state index in [1.165, 1.54) is 20.4 Å². The summed E-state index contributed by atoms with van der Waals surface area (Å²) in [6.07, 6.45) is 1.85. The van der Waals surface area contributed by atoms with Crippen molar-refractivity contribution in [2.45, 2.75) is 32.0 Å². The molecule has 3 aromatic heterocycles. The monoisotopic (exact) mass is 416 g/mol. The lowest BCUT2D eigenvalue weighted by Crippen LogP contribution is -2.29. The number of hydrogen-bond donors (Lipinski definition) is 0. The van der Waals surface area contributed by atoms with Crippen molar-refractivity contribution in [1.82, 2.24) is 18.7 Å². The van der Waals surface area contributed by atoms with E-state index in [1.807, 2.05) is 17.5 Å². The van der Waals surface area contributed by atoms with E-state index in [1.54, 1.807) is 22.8 Å². The maximum atomic E-state index is 13.1. The van der Waals surface area contributed by atoms with Crippen molar-refractivity contribution in [3.05, 3.63) is 67.1 Å². The first-order valence-corrected chi connectivity index (χ1v) is 10.3. The summed E-state index contributed by atoms with van der Waals surface area (Å²) in [4.78, 5) is 26.2. The average Bonchev–Trinajstić information content (AvgIpc) is 3.42. The van der Waals surface area contributed by atoms with Crippen molar-refractivity contribution in [2.24, 2.45) is 0 Å². The van der Waals surface area contributed by atoms with Gasteiger partial charge in [-0.3, -0.25) is 9.36 Å². The Balaban J connectivity index is 1.69. The molecule has 0 radical (unpaired) electrons. The molecule has 5 rings (SSSR count). The van der Waals surface area contributed by atoms with Gasteiger partial charge in [-0.15, -0.1) is 16.4 Å². The summed E-state index contributed by atoms with van der Waals surface area (Å²) in [5, 5.41) is 6.97. The van der Waals surface area contributed by atoms with Gasteiger partial charge in [0.1, 0.15) is 4.70 Å². The normalized spacial score (nSPS) is 17.1. The van der Waals surface area contributed by atoms with Gasteiger partial charge in [-0.25, -0.2) is 13.9 Å². The minimum atomic E-state index is -0.269. The Morgan fingerprint density at radius 3 is 2.79 bits per heavy atom. The van der Waals surface area contributed by atoms with Crippen molar-refractivity contribution in [1.29, 1.82) is 0 Å². The molecule has 1 fully saturated rings. The molecule has 1 saturated heterocycles. The molecule has 0 unspecified atom stereocenters. The third-order valence-corrected chi connectivity index (χ3v) is 6.19. The Morgan fingerprint density at radius 1 is 1.21 bits per heavy atom. The predicted molar refractivity (Wildman–Crippen MR) is 109 cm³/mol. The van der Waals surface area contributed by atoms with E-state index in [4.69, 9.17) is 16.3 Å². The molecule has 0 spiro atoms. The number of halogens is 1. The second kappa shape index (κ2) is 6.88.